The third-order valence-electron chi connectivity index (χ3n) is 3.87. The van der Waals surface area contributed by atoms with Crippen molar-refractivity contribution in [2.75, 3.05) is 0 Å². The number of hydrogen-bond acceptors (Lipinski definition) is 4. The number of aryl methyl sites for hydroxylation is 1. The zero-order valence-corrected chi connectivity index (χ0v) is 11.9. The van der Waals surface area contributed by atoms with E-state index in [4.69, 9.17) is 0 Å². The molecule has 3 rings (SSSR count). The molecule has 0 bridgehead atoms. The molecule has 0 atom stereocenters. The highest BCUT2D eigenvalue weighted by Gasteiger charge is 2.29. The van der Waals surface area contributed by atoms with E-state index in [2.05, 4.69) is 9.67 Å². The molecule has 0 amide bonds. The van der Waals surface area contributed by atoms with E-state index in [1.165, 1.54) is 12.3 Å². The van der Waals surface area contributed by atoms with Crippen LogP contribution in [-0.4, -0.2) is 25.1 Å². The fraction of sp³-hybridized carbons (Fsp3) is 0.429. The van der Waals surface area contributed by atoms with Crippen molar-refractivity contribution in [2.45, 2.75) is 39.3 Å². The Hall–Kier alpha value is -2.44. The van der Waals surface area contributed by atoms with Crippen LogP contribution < -0.4 is 0 Å². The molecule has 1 aliphatic rings. The van der Waals surface area contributed by atoms with E-state index >= 15 is 0 Å². The van der Waals surface area contributed by atoms with E-state index < -0.39 is 4.92 Å². The minimum Gasteiger partial charge on any atom is -0.358 e. The smallest absolute Gasteiger partial charge is 0.345 e. The van der Waals surface area contributed by atoms with Crippen molar-refractivity contribution in [1.82, 2.24) is 14.3 Å². The lowest BCUT2D eigenvalue weighted by Crippen LogP contribution is -2.14. The predicted octanol–water partition coefficient (Wildman–Crippen LogP) is 2.43. The van der Waals surface area contributed by atoms with Crippen LogP contribution in [0.1, 0.15) is 40.6 Å². The van der Waals surface area contributed by atoms with Gasteiger partial charge < -0.3 is 14.7 Å². The zero-order valence-electron chi connectivity index (χ0n) is 11.9. The molecule has 1 saturated carbocycles. The molecule has 21 heavy (non-hydrogen) atoms. The van der Waals surface area contributed by atoms with Crippen LogP contribution in [0.2, 0.25) is 0 Å². The fourth-order valence-electron chi connectivity index (χ4n) is 2.78. The maximum absolute atomic E-state index is 12.4. The van der Waals surface area contributed by atoms with Crippen molar-refractivity contribution >= 4 is 11.6 Å². The number of nitrogens with zero attached hydrogens (tertiary/aromatic N) is 4. The summed E-state index contributed by atoms with van der Waals surface area (Å²) >= 11 is 0. The Morgan fingerprint density at radius 1 is 1.48 bits per heavy atom. The Morgan fingerprint density at radius 3 is 2.81 bits per heavy atom. The highest BCUT2D eigenvalue weighted by atomic mass is 16.6. The van der Waals surface area contributed by atoms with Gasteiger partial charge in [-0.15, -0.1) is 4.68 Å². The average Bonchev–Trinajstić information content (AvgIpc) is 3.05. The van der Waals surface area contributed by atoms with Gasteiger partial charge >= 0.3 is 5.82 Å². The summed E-state index contributed by atoms with van der Waals surface area (Å²) < 4.78 is 3.32. The van der Waals surface area contributed by atoms with Gasteiger partial charge in [-0.25, -0.2) is 0 Å². The second-order valence-electron chi connectivity index (χ2n) is 5.41. The van der Waals surface area contributed by atoms with Gasteiger partial charge in [-0.05, 0) is 37.7 Å². The number of rotatable bonds is 5. The molecule has 7 heteroatoms. The van der Waals surface area contributed by atoms with Crippen LogP contribution in [0.25, 0.3) is 0 Å². The van der Waals surface area contributed by atoms with Crippen molar-refractivity contribution < 1.29 is 9.72 Å². The van der Waals surface area contributed by atoms with Gasteiger partial charge in [-0.3, -0.25) is 4.79 Å². The fourth-order valence-corrected chi connectivity index (χ4v) is 2.78. The predicted molar refractivity (Wildman–Crippen MR) is 75.4 cm³/mol. The van der Waals surface area contributed by atoms with Gasteiger partial charge in [0.25, 0.3) is 0 Å². The monoisotopic (exact) mass is 288 g/mol. The molecule has 1 aliphatic carbocycles. The molecule has 0 aromatic carbocycles. The Labute approximate surface area is 121 Å². The summed E-state index contributed by atoms with van der Waals surface area (Å²) in [4.78, 5) is 22.7. The van der Waals surface area contributed by atoms with E-state index in [0.717, 1.165) is 28.9 Å². The standard InChI is InChI=1S/C14H16N4O3/c1-9-7-12(10(2)17(9)11-3-4-11)13(19)8-16-14(18(20)21)5-6-15-16/h5-7,11H,3-4,8H2,1-2H3. The van der Waals surface area contributed by atoms with E-state index in [1.807, 2.05) is 19.9 Å². The number of nitro groups is 1. The molecule has 110 valence electrons. The second kappa shape index (κ2) is 4.83. The third kappa shape index (κ3) is 2.35. The van der Waals surface area contributed by atoms with Crippen LogP contribution in [0.4, 0.5) is 5.82 Å². The molecule has 0 N–H and O–H groups in total. The summed E-state index contributed by atoms with van der Waals surface area (Å²) in [5, 5.41) is 14.7. The summed E-state index contributed by atoms with van der Waals surface area (Å²) in [7, 11) is 0. The van der Waals surface area contributed by atoms with E-state index in [0.29, 0.717) is 11.6 Å². The molecule has 7 nitrogen and oxygen atoms in total. The first-order valence-corrected chi connectivity index (χ1v) is 6.87. The summed E-state index contributed by atoms with van der Waals surface area (Å²) in [5.74, 6) is -0.318. The summed E-state index contributed by atoms with van der Waals surface area (Å²) in [6.45, 7) is 3.80. The van der Waals surface area contributed by atoms with Crippen LogP contribution in [0.5, 0.6) is 0 Å². The zero-order chi connectivity index (χ0) is 15.1. The molecule has 2 aromatic rings. The Kier molecular flexibility index (Phi) is 3.12. The lowest BCUT2D eigenvalue weighted by atomic mass is 10.1. The van der Waals surface area contributed by atoms with Crippen LogP contribution in [-0.2, 0) is 6.54 Å². The van der Waals surface area contributed by atoms with Gasteiger partial charge in [0.2, 0.25) is 5.78 Å². The molecule has 0 radical (unpaired) electrons. The van der Waals surface area contributed by atoms with Crippen molar-refractivity contribution in [3.05, 3.63) is 45.4 Å². The minimum absolute atomic E-state index is 0.113. The number of carbonyl (C=O) groups is 1. The summed E-state index contributed by atoms with van der Waals surface area (Å²) in [5.41, 5.74) is 2.63. The largest absolute Gasteiger partial charge is 0.358 e. The van der Waals surface area contributed by atoms with Crippen LogP contribution in [0.15, 0.2) is 18.3 Å². The van der Waals surface area contributed by atoms with Gasteiger partial charge in [0, 0.05) is 23.0 Å². The lowest BCUT2D eigenvalue weighted by Gasteiger charge is -2.07. The molecular weight excluding hydrogens is 272 g/mol. The molecular formula is C14H16N4O3. The molecule has 0 unspecified atom stereocenters. The Morgan fingerprint density at radius 2 is 2.19 bits per heavy atom. The summed E-state index contributed by atoms with van der Waals surface area (Å²) in [6.07, 6.45) is 3.63. The van der Waals surface area contributed by atoms with E-state index in [1.54, 1.807) is 0 Å². The number of hydrogen-bond donors (Lipinski definition) is 0. The number of Topliss-reactive ketones (excluding diaryl/α,β-unsaturated/α-hetero) is 1. The van der Waals surface area contributed by atoms with Crippen LogP contribution >= 0.6 is 0 Å². The normalized spacial score (nSPS) is 14.4. The molecule has 0 saturated heterocycles. The first kappa shape index (κ1) is 13.5. The van der Waals surface area contributed by atoms with Gasteiger partial charge in [0.15, 0.2) is 6.54 Å². The second-order valence-corrected chi connectivity index (χ2v) is 5.41. The van der Waals surface area contributed by atoms with Gasteiger partial charge in [0.05, 0.1) is 12.3 Å². The number of ketones is 1. The topological polar surface area (TPSA) is 83.0 Å². The van der Waals surface area contributed by atoms with Crippen molar-refractivity contribution in [3.8, 4) is 0 Å². The lowest BCUT2D eigenvalue weighted by molar-refractivity contribution is -0.392. The van der Waals surface area contributed by atoms with E-state index in [-0.39, 0.29) is 18.1 Å². The molecule has 2 aromatic heterocycles. The van der Waals surface area contributed by atoms with Gasteiger partial charge in [-0.1, -0.05) is 5.10 Å². The average molecular weight is 288 g/mol. The number of aromatic nitrogens is 3. The van der Waals surface area contributed by atoms with Crippen molar-refractivity contribution in [2.24, 2.45) is 0 Å². The first-order valence-electron chi connectivity index (χ1n) is 6.87. The third-order valence-corrected chi connectivity index (χ3v) is 3.87. The van der Waals surface area contributed by atoms with Crippen molar-refractivity contribution in [1.29, 1.82) is 0 Å². The van der Waals surface area contributed by atoms with Crippen molar-refractivity contribution in [3.63, 3.8) is 0 Å². The number of carbonyl (C=O) groups excluding carboxylic acids is 1. The van der Waals surface area contributed by atoms with Crippen LogP contribution in [0, 0.1) is 24.0 Å². The van der Waals surface area contributed by atoms with Gasteiger partial charge in [0.1, 0.15) is 0 Å². The maximum atomic E-state index is 12.4. The molecule has 0 spiro atoms. The highest BCUT2D eigenvalue weighted by Crippen LogP contribution is 2.38. The molecule has 2 heterocycles. The van der Waals surface area contributed by atoms with E-state index in [9.17, 15) is 14.9 Å². The highest BCUT2D eigenvalue weighted by molar-refractivity contribution is 5.97. The van der Waals surface area contributed by atoms with Crippen LogP contribution in [0.3, 0.4) is 0 Å². The minimum atomic E-state index is -0.534. The maximum Gasteiger partial charge on any atom is 0.345 e. The quantitative estimate of drug-likeness (QED) is 0.480. The SMILES string of the molecule is Cc1cc(C(=O)Cn2nccc2[N+](=O)[O-])c(C)n1C1CC1. The Bertz CT molecular complexity index is 725. The first-order chi connectivity index (χ1) is 9.99. The van der Waals surface area contributed by atoms with Gasteiger partial charge in [-0.2, -0.15) is 0 Å². The molecule has 0 aliphatic heterocycles. The molecule has 1 fully saturated rings. The summed E-state index contributed by atoms with van der Waals surface area (Å²) in [6, 6.07) is 3.66. The Balaban J connectivity index is 1.87.